The second kappa shape index (κ2) is 7.31. The van der Waals surface area contributed by atoms with Gasteiger partial charge in [-0.3, -0.25) is 0 Å². The molecule has 1 heterocycles. The van der Waals surface area contributed by atoms with E-state index in [-0.39, 0.29) is 0 Å². The highest BCUT2D eigenvalue weighted by atomic mass is 32.1. The number of rotatable bonds is 7. The molecular weight excluding hydrogens is 254 g/mol. The Kier molecular flexibility index (Phi) is 5.43. The Bertz CT molecular complexity index is 464. The smallest absolute Gasteiger partial charge is 0.119 e. The van der Waals surface area contributed by atoms with Gasteiger partial charge in [0, 0.05) is 12.5 Å². The highest BCUT2D eigenvalue weighted by Gasteiger charge is 2.01. The minimum atomic E-state index is 0.505. The van der Waals surface area contributed by atoms with Gasteiger partial charge in [-0.25, -0.2) is 0 Å². The molecule has 0 fully saturated rings. The molecule has 2 rings (SSSR count). The van der Waals surface area contributed by atoms with Gasteiger partial charge in [0.1, 0.15) is 5.75 Å². The molecule has 2 nitrogen and oxygen atoms in total. The third-order valence-corrected chi connectivity index (χ3v) is 3.93. The first-order valence-corrected chi connectivity index (χ1v) is 7.62. The largest absolute Gasteiger partial charge is 0.493 e. The van der Waals surface area contributed by atoms with Crippen molar-refractivity contribution in [2.24, 2.45) is 0 Å². The van der Waals surface area contributed by atoms with E-state index < -0.39 is 0 Å². The van der Waals surface area contributed by atoms with Crippen molar-refractivity contribution in [3.05, 3.63) is 52.2 Å². The summed E-state index contributed by atoms with van der Waals surface area (Å²) in [5.74, 6) is 0.955. The number of benzene rings is 1. The minimum absolute atomic E-state index is 0.505. The van der Waals surface area contributed by atoms with Crippen molar-refractivity contribution < 1.29 is 4.74 Å². The van der Waals surface area contributed by atoms with E-state index in [0.29, 0.717) is 6.04 Å². The second-order valence-corrected chi connectivity index (χ2v) is 5.55. The average Bonchev–Trinajstić information content (AvgIpc) is 2.94. The van der Waals surface area contributed by atoms with Crippen LogP contribution in [0.25, 0.3) is 0 Å². The fraction of sp³-hybridized carbons (Fsp3) is 0.375. The molecule has 0 bridgehead atoms. The lowest BCUT2D eigenvalue weighted by atomic mass is 10.1. The van der Waals surface area contributed by atoms with Gasteiger partial charge in [0.05, 0.1) is 6.61 Å². The van der Waals surface area contributed by atoms with Crippen molar-refractivity contribution in [2.75, 3.05) is 13.7 Å². The van der Waals surface area contributed by atoms with E-state index in [1.165, 1.54) is 11.1 Å². The normalized spacial score (nSPS) is 12.3. The molecular formula is C16H21NOS. The molecule has 0 aliphatic carbocycles. The van der Waals surface area contributed by atoms with Crippen LogP contribution in [-0.2, 0) is 12.8 Å². The maximum absolute atomic E-state index is 5.75. The summed E-state index contributed by atoms with van der Waals surface area (Å²) in [6, 6.07) is 11.1. The van der Waals surface area contributed by atoms with Gasteiger partial charge in [-0.2, -0.15) is 11.3 Å². The SMILES string of the molecule is CNC(C)Cc1ccc(OCCc2ccsc2)cc1. The summed E-state index contributed by atoms with van der Waals surface area (Å²) in [6.07, 6.45) is 2.02. The Hall–Kier alpha value is -1.32. The summed E-state index contributed by atoms with van der Waals surface area (Å²) in [5.41, 5.74) is 2.69. The molecule has 2 aromatic rings. The maximum Gasteiger partial charge on any atom is 0.119 e. The van der Waals surface area contributed by atoms with Crippen LogP contribution < -0.4 is 10.1 Å². The summed E-state index contributed by atoms with van der Waals surface area (Å²) in [6.45, 7) is 2.92. The Morgan fingerprint density at radius 2 is 1.95 bits per heavy atom. The lowest BCUT2D eigenvalue weighted by Gasteiger charge is -2.11. The Morgan fingerprint density at radius 1 is 1.16 bits per heavy atom. The van der Waals surface area contributed by atoms with Gasteiger partial charge in [0.2, 0.25) is 0 Å². The molecule has 102 valence electrons. The van der Waals surface area contributed by atoms with Crippen LogP contribution in [0.15, 0.2) is 41.1 Å². The second-order valence-electron chi connectivity index (χ2n) is 4.77. The summed E-state index contributed by atoms with van der Waals surface area (Å²) >= 11 is 1.73. The van der Waals surface area contributed by atoms with Gasteiger partial charge in [-0.15, -0.1) is 0 Å². The van der Waals surface area contributed by atoms with Crippen LogP contribution in [0.3, 0.4) is 0 Å². The standard InChI is InChI=1S/C16H21NOS/c1-13(17-2)11-14-3-5-16(6-4-14)18-9-7-15-8-10-19-12-15/h3-6,8,10,12-13,17H,7,9,11H2,1-2H3. The number of ether oxygens (including phenoxy) is 1. The van der Waals surface area contributed by atoms with Crippen LogP contribution in [0.1, 0.15) is 18.1 Å². The van der Waals surface area contributed by atoms with Crippen LogP contribution in [-0.4, -0.2) is 19.7 Å². The highest BCUT2D eigenvalue weighted by molar-refractivity contribution is 7.07. The van der Waals surface area contributed by atoms with E-state index >= 15 is 0 Å². The van der Waals surface area contributed by atoms with Crippen molar-refractivity contribution >= 4 is 11.3 Å². The molecule has 1 atom stereocenters. The third-order valence-electron chi connectivity index (χ3n) is 3.20. The molecule has 0 saturated heterocycles. The zero-order valence-electron chi connectivity index (χ0n) is 11.6. The number of likely N-dealkylation sites (N-methyl/N-ethyl adjacent to an activating group) is 1. The van der Waals surface area contributed by atoms with E-state index in [0.717, 1.165) is 25.2 Å². The van der Waals surface area contributed by atoms with Crippen LogP contribution in [0, 0.1) is 0 Å². The molecule has 0 aliphatic rings. The summed E-state index contributed by atoms with van der Waals surface area (Å²) < 4.78 is 5.75. The Labute approximate surface area is 119 Å². The summed E-state index contributed by atoms with van der Waals surface area (Å²) in [7, 11) is 1.99. The first-order chi connectivity index (χ1) is 9.28. The zero-order valence-corrected chi connectivity index (χ0v) is 12.4. The predicted molar refractivity (Wildman–Crippen MR) is 82.2 cm³/mol. The van der Waals surface area contributed by atoms with Gasteiger partial charge >= 0.3 is 0 Å². The summed E-state index contributed by atoms with van der Waals surface area (Å²) in [5, 5.41) is 7.52. The molecule has 1 aromatic heterocycles. The maximum atomic E-state index is 5.75. The van der Waals surface area contributed by atoms with Crippen LogP contribution >= 0.6 is 11.3 Å². The van der Waals surface area contributed by atoms with Crippen LogP contribution in [0.4, 0.5) is 0 Å². The van der Waals surface area contributed by atoms with E-state index in [1.54, 1.807) is 11.3 Å². The number of thiophene rings is 1. The van der Waals surface area contributed by atoms with Gasteiger partial charge in [0.15, 0.2) is 0 Å². The number of nitrogens with one attached hydrogen (secondary N) is 1. The van der Waals surface area contributed by atoms with Gasteiger partial charge < -0.3 is 10.1 Å². The van der Waals surface area contributed by atoms with E-state index in [2.05, 4.69) is 53.3 Å². The molecule has 1 N–H and O–H groups in total. The first-order valence-electron chi connectivity index (χ1n) is 6.68. The van der Waals surface area contributed by atoms with E-state index in [1.807, 2.05) is 7.05 Å². The fourth-order valence-electron chi connectivity index (χ4n) is 1.90. The first kappa shape index (κ1) is 14.1. The summed E-state index contributed by atoms with van der Waals surface area (Å²) in [4.78, 5) is 0. The molecule has 19 heavy (non-hydrogen) atoms. The van der Waals surface area contributed by atoms with Crippen molar-refractivity contribution in [3.63, 3.8) is 0 Å². The minimum Gasteiger partial charge on any atom is -0.493 e. The van der Waals surface area contributed by atoms with Crippen molar-refractivity contribution in [1.29, 1.82) is 0 Å². The Morgan fingerprint density at radius 3 is 2.58 bits per heavy atom. The molecule has 0 radical (unpaired) electrons. The van der Waals surface area contributed by atoms with Crippen LogP contribution in [0.2, 0.25) is 0 Å². The predicted octanol–water partition coefficient (Wildman–Crippen LogP) is 3.52. The third kappa shape index (κ3) is 4.69. The number of hydrogen-bond donors (Lipinski definition) is 1. The molecule has 1 unspecified atom stereocenters. The molecule has 0 saturated carbocycles. The zero-order chi connectivity index (χ0) is 13.5. The molecule has 0 spiro atoms. The molecule has 1 aromatic carbocycles. The van der Waals surface area contributed by atoms with Gasteiger partial charge in [-0.1, -0.05) is 12.1 Å². The molecule has 0 amide bonds. The monoisotopic (exact) mass is 275 g/mol. The molecule has 3 heteroatoms. The highest BCUT2D eigenvalue weighted by Crippen LogP contribution is 2.14. The average molecular weight is 275 g/mol. The van der Waals surface area contributed by atoms with Crippen LogP contribution in [0.5, 0.6) is 5.75 Å². The van der Waals surface area contributed by atoms with Gasteiger partial charge in [0.25, 0.3) is 0 Å². The lowest BCUT2D eigenvalue weighted by molar-refractivity contribution is 0.322. The molecule has 0 aliphatic heterocycles. The van der Waals surface area contributed by atoms with Gasteiger partial charge in [-0.05, 0) is 60.5 Å². The van der Waals surface area contributed by atoms with Crippen molar-refractivity contribution in [2.45, 2.75) is 25.8 Å². The quantitative estimate of drug-likeness (QED) is 0.835. The Balaban J connectivity index is 1.78. The van der Waals surface area contributed by atoms with E-state index in [4.69, 9.17) is 4.74 Å². The van der Waals surface area contributed by atoms with Crippen molar-refractivity contribution in [3.8, 4) is 5.75 Å². The lowest BCUT2D eigenvalue weighted by Crippen LogP contribution is -2.23. The van der Waals surface area contributed by atoms with E-state index in [9.17, 15) is 0 Å². The number of hydrogen-bond acceptors (Lipinski definition) is 3. The fourth-order valence-corrected chi connectivity index (χ4v) is 2.60. The topological polar surface area (TPSA) is 21.3 Å². The van der Waals surface area contributed by atoms with Crippen molar-refractivity contribution in [1.82, 2.24) is 5.32 Å².